The Bertz CT molecular complexity index is 264. The molecule has 106 valence electrons. The van der Waals surface area contributed by atoms with E-state index in [-0.39, 0.29) is 24.5 Å². The van der Waals surface area contributed by atoms with Crippen LogP contribution >= 0.6 is 0 Å². The molecule has 0 aromatic carbocycles. The van der Waals surface area contributed by atoms with E-state index in [0.29, 0.717) is 26.0 Å². The van der Waals surface area contributed by atoms with E-state index in [1.165, 1.54) is 4.90 Å². The molecule has 0 saturated heterocycles. The number of amides is 1. The molecular formula is C13H25NO4. The van der Waals surface area contributed by atoms with Crippen molar-refractivity contribution in [2.75, 3.05) is 19.7 Å². The van der Waals surface area contributed by atoms with E-state index in [1.807, 2.05) is 27.7 Å². The van der Waals surface area contributed by atoms with Crippen LogP contribution in [0.1, 0.15) is 40.5 Å². The Morgan fingerprint density at radius 3 is 2.28 bits per heavy atom. The summed E-state index contributed by atoms with van der Waals surface area (Å²) in [7, 11) is 0. The predicted molar refractivity (Wildman–Crippen MR) is 69.4 cm³/mol. The average Bonchev–Trinajstić information content (AvgIpc) is 2.21. The van der Waals surface area contributed by atoms with Crippen molar-refractivity contribution in [3.05, 3.63) is 0 Å². The highest BCUT2D eigenvalue weighted by Gasteiger charge is 2.17. The van der Waals surface area contributed by atoms with Gasteiger partial charge < -0.3 is 14.7 Å². The van der Waals surface area contributed by atoms with Crippen LogP contribution in [0.4, 0.5) is 0 Å². The number of carbonyl (C=O) groups excluding carboxylic acids is 1. The fraction of sp³-hybridized carbons (Fsp3) is 0.846. The first-order valence-electron chi connectivity index (χ1n) is 6.44. The quantitative estimate of drug-likeness (QED) is 0.641. The van der Waals surface area contributed by atoms with Crippen LogP contribution in [0.15, 0.2) is 0 Å². The summed E-state index contributed by atoms with van der Waals surface area (Å²) in [4.78, 5) is 24.0. The zero-order chi connectivity index (χ0) is 14.1. The molecule has 0 aliphatic heterocycles. The van der Waals surface area contributed by atoms with Gasteiger partial charge in [0.25, 0.3) is 0 Å². The molecule has 0 spiro atoms. The molecule has 0 heterocycles. The SMILES string of the molecule is CC(C)CN(CC(=O)O)C(=O)CCCOC(C)C. The van der Waals surface area contributed by atoms with E-state index in [0.717, 1.165) is 0 Å². The molecule has 0 aromatic rings. The molecule has 5 nitrogen and oxygen atoms in total. The highest BCUT2D eigenvalue weighted by atomic mass is 16.5. The van der Waals surface area contributed by atoms with Crippen molar-refractivity contribution in [2.45, 2.75) is 46.6 Å². The van der Waals surface area contributed by atoms with Crippen molar-refractivity contribution in [3.63, 3.8) is 0 Å². The smallest absolute Gasteiger partial charge is 0.323 e. The lowest BCUT2D eigenvalue weighted by molar-refractivity contribution is -0.145. The molecule has 0 unspecified atom stereocenters. The minimum absolute atomic E-state index is 0.113. The summed E-state index contributed by atoms with van der Waals surface area (Å²) in [5, 5.41) is 8.77. The van der Waals surface area contributed by atoms with Crippen molar-refractivity contribution in [1.82, 2.24) is 4.90 Å². The number of nitrogens with zero attached hydrogens (tertiary/aromatic N) is 1. The van der Waals surface area contributed by atoms with Gasteiger partial charge in [-0.3, -0.25) is 9.59 Å². The first-order chi connectivity index (χ1) is 8.32. The van der Waals surface area contributed by atoms with Gasteiger partial charge in [0.05, 0.1) is 6.10 Å². The maximum atomic E-state index is 11.9. The molecule has 0 fully saturated rings. The molecule has 0 radical (unpaired) electrons. The summed E-state index contributed by atoms with van der Waals surface area (Å²) in [6, 6.07) is 0. The van der Waals surface area contributed by atoms with Gasteiger partial charge in [-0.2, -0.15) is 0 Å². The Hall–Kier alpha value is -1.10. The van der Waals surface area contributed by atoms with Crippen LogP contribution in [0.5, 0.6) is 0 Å². The first kappa shape index (κ1) is 16.9. The lowest BCUT2D eigenvalue weighted by atomic mass is 10.2. The second kappa shape index (κ2) is 8.91. The number of carboxylic acid groups (broad SMARTS) is 1. The second-order valence-electron chi connectivity index (χ2n) is 5.08. The molecule has 18 heavy (non-hydrogen) atoms. The third kappa shape index (κ3) is 8.98. The van der Waals surface area contributed by atoms with Gasteiger partial charge in [0.15, 0.2) is 0 Å². The number of ether oxygens (including phenoxy) is 1. The zero-order valence-corrected chi connectivity index (χ0v) is 11.8. The summed E-state index contributed by atoms with van der Waals surface area (Å²) in [5.74, 6) is -0.818. The minimum Gasteiger partial charge on any atom is -0.480 e. The van der Waals surface area contributed by atoms with Crippen LogP contribution in [-0.4, -0.2) is 47.7 Å². The molecule has 0 bridgehead atoms. The molecule has 5 heteroatoms. The summed E-state index contributed by atoms with van der Waals surface area (Å²) >= 11 is 0. The number of aliphatic carboxylic acids is 1. The Morgan fingerprint density at radius 2 is 1.83 bits per heavy atom. The largest absolute Gasteiger partial charge is 0.480 e. The second-order valence-corrected chi connectivity index (χ2v) is 5.08. The highest BCUT2D eigenvalue weighted by Crippen LogP contribution is 2.04. The number of carboxylic acids is 1. The van der Waals surface area contributed by atoms with Gasteiger partial charge in [0.1, 0.15) is 6.54 Å². The Balaban J connectivity index is 4.08. The van der Waals surface area contributed by atoms with Gasteiger partial charge in [0.2, 0.25) is 5.91 Å². The van der Waals surface area contributed by atoms with Gasteiger partial charge in [-0.25, -0.2) is 0 Å². The Morgan fingerprint density at radius 1 is 1.22 bits per heavy atom. The van der Waals surface area contributed by atoms with Crippen molar-refractivity contribution in [1.29, 1.82) is 0 Å². The normalized spacial score (nSPS) is 11.0. The van der Waals surface area contributed by atoms with E-state index < -0.39 is 5.97 Å². The van der Waals surface area contributed by atoms with Crippen molar-refractivity contribution in [2.24, 2.45) is 5.92 Å². The molecular weight excluding hydrogens is 234 g/mol. The Labute approximate surface area is 109 Å². The van der Waals surface area contributed by atoms with Crippen LogP contribution < -0.4 is 0 Å². The summed E-state index contributed by atoms with van der Waals surface area (Å²) in [6.45, 7) is 8.60. The number of carbonyl (C=O) groups is 2. The average molecular weight is 259 g/mol. The first-order valence-corrected chi connectivity index (χ1v) is 6.44. The molecule has 0 aliphatic rings. The molecule has 0 saturated carbocycles. The Kier molecular flexibility index (Phi) is 8.37. The number of hydrogen-bond donors (Lipinski definition) is 1. The fourth-order valence-electron chi connectivity index (χ4n) is 1.56. The minimum atomic E-state index is -0.970. The van der Waals surface area contributed by atoms with Crippen molar-refractivity contribution >= 4 is 11.9 Å². The van der Waals surface area contributed by atoms with Gasteiger partial charge in [0, 0.05) is 19.6 Å². The maximum absolute atomic E-state index is 11.9. The van der Waals surface area contributed by atoms with E-state index in [9.17, 15) is 9.59 Å². The van der Waals surface area contributed by atoms with Crippen LogP contribution in [0.25, 0.3) is 0 Å². The van der Waals surface area contributed by atoms with Gasteiger partial charge in [-0.1, -0.05) is 13.8 Å². The van der Waals surface area contributed by atoms with Crippen LogP contribution in [-0.2, 0) is 14.3 Å². The van der Waals surface area contributed by atoms with E-state index in [1.54, 1.807) is 0 Å². The highest BCUT2D eigenvalue weighted by molar-refractivity contribution is 5.81. The third-order valence-electron chi connectivity index (χ3n) is 2.25. The maximum Gasteiger partial charge on any atom is 0.323 e. The molecule has 0 rings (SSSR count). The summed E-state index contributed by atoms with van der Waals surface area (Å²) in [6.07, 6.45) is 1.13. The van der Waals surface area contributed by atoms with Gasteiger partial charge in [-0.15, -0.1) is 0 Å². The van der Waals surface area contributed by atoms with Crippen LogP contribution in [0, 0.1) is 5.92 Å². The molecule has 0 aromatic heterocycles. The predicted octanol–water partition coefficient (Wildman–Crippen LogP) is 1.76. The fourth-order valence-corrected chi connectivity index (χ4v) is 1.56. The van der Waals surface area contributed by atoms with E-state index in [2.05, 4.69) is 0 Å². The van der Waals surface area contributed by atoms with E-state index >= 15 is 0 Å². The molecule has 1 N–H and O–H groups in total. The molecule has 1 amide bonds. The summed E-state index contributed by atoms with van der Waals surface area (Å²) in [5.41, 5.74) is 0. The molecule has 0 aliphatic carbocycles. The monoisotopic (exact) mass is 259 g/mol. The standard InChI is InChI=1S/C13H25NO4/c1-10(2)8-14(9-13(16)17)12(15)6-5-7-18-11(3)4/h10-11H,5-9H2,1-4H3,(H,16,17). The summed E-state index contributed by atoms with van der Waals surface area (Å²) < 4.78 is 5.35. The third-order valence-corrected chi connectivity index (χ3v) is 2.25. The van der Waals surface area contributed by atoms with Gasteiger partial charge >= 0.3 is 5.97 Å². The van der Waals surface area contributed by atoms with Gasteiger partial charge in [-0.05, 0) is 26.2 Å². The van der Waals surface area contributed by atoms with Crippen molar-refractivity contribution in [3.8, 4) is 0 Å². The number of rotatable bonds is 9. The van der Waals surface area contributed by atoms with Crippen LogP contribution in [0.2, 0.25) is 0 Å². The lowest BCUT2D eigenvalue weighted by Gasteiger charge is -2.22. The van der Waals surface area contributed by atoms with E-state index in [4.69, 9.17) is 9.84 Å². The number of hydrogen-bond acceptors (Lipinski definition) is 3. The van der Waals surface area contributed by atoms with Crippen LogP contribution in [0.3, 0.4) is 0 Å². The lowest BCUT2D eigenvalue weighted by Crippen LogP contribution is -2.38. The zero-order valence-electron chi connectivity index (χ0n) is 11.8. The topological polar surface area (TPSA) is 66.8 Å². The van der Waals surface area contributed by atoms with Crippen molar-refractivity contribution < 1.29 is 19.4 Å². The molecule has 0 atom stereocenters.